The quantitative estimate of drug-likeness (QED) is 0.105. The molecule has 1 aromatic heterocycles. The van der Waals surface area contributed by atoms with Gasteiger partial charge in [0.05, 0.1) is 44.1 Å². The molecule has 0 saturated carbocycles. The number of benzene rings is 2. The molecule has 0 fully saturated rings. The largest absolute Gasteiger partial charge is 0.496 e. The van der Waals surface area contributed by atoms with Crippen LogP contribution in [0.15, 0.2) is 41.3 Å². The normalized spacial score (nSPS) is 14.0. The lowest BCUT2D eigenvalue weighted by molar-refractivity contribution is -0.128. The molecule has 0 saturated heterocycles. The maximum atomic E-state index is 13.4. The van der Waals surface area contributed by atoms with Crippen molar-refractivity contribution in [2.45, 2.75) is 45.3 Å². The zero-order valence-corrected chi connectivity index (χ0v) is 32.2. The number of hydrogen-bond donors (Lipinski definition) is 3. The highest BCUT2D eigenvalue weighted by Crippen LogP contribution is 2.38. The van der Waals surface area contributed by atoms with E-state index < -0.39 is 23.8 Å². The number of amides is 6. The lowest BCUT2D eigenvalue weighted by Crippen LogP contribution is -2.49. The number of anilines is 1. The van der Waals surface area contributed by atoms with Crippen LogP contribution in [0.4, 0.5) is 10.5 Å². The van der Waals surface area contributed by atoms with Crippen LogP contribution in [0.1, 0.15) is 57.2 Å². The Labute approximate surface area is 319 Å². The monoisotopic (exact) mass is 759 g/mol. The summed E-state index contributed by atoms with van der Waals surface area (Å²) in [6.07, 6.45) is 3.15. The van der Waals surface area contributed by atoms with Gasteiger partial charge in [-0.05, 0) is 62.3 Å². The van der Waals surface area contributed by atoms with Crippen LogP contribution < -0.4 is 31.0 Å². The number of nitrogens with zero attached hydrogens (tertiary/aromatic N) is 4. The second-order valence-electron chi connectivity index (χ2n) is 13.6. The summed E-state index contributed by atoms with van der Waals surface area (Å²) in [5.74, 6) is -0.608. The fraction of sp³-hybridized carbons (Fsp3) is 0.436. The standard InChI is InChI=1S/C39H49N7O9/c1-7-9-31(35(48)42-23-47)46-37(50)26-10-8-11-30(34(26)38(46)51)40-13-16-55-17-14-41-39(52)45-15-12-25-28(22-45)27(21-44(4)36(25)49)24-18-32(53-5)29(20-43(2)3)33(19-24)54-6/h8,10-11,18-19,21,23,31,40H,7,9,12-17,20,22H2,1-6H3,(H,41,52)(H,42,47,48). The predicted octanol–water partition coefficient (Wildman–Crippen LogP) is 2.36. The number of methoxy groups -OCH3 is 2. The maximum absolute atomic E-state index is 13.4. The summed E-state index contributed by atoms with van der Waals surface area (Å²) in [5.41, 5.74) is 4.61. The number of carbonyl (C=O) groups is 5. The van der Waals surface area contributed by atoms with Crippen molar-refractivity contribution >= 4 is 35.9 Å². The van der Waals surface area contributed by atoms with Crippen LogP contribution in [-0.4, -0.2) is 117 Å². The Hall–Kier alpha value is -5.74. The number of aromatic nitrogens is 1. The fourth-order valence-electron chi connectivity index (χ4n) is 7.06. The Morgan fingerprint density at radius 2 is 1.69 bits per heavy atom. The van der Waals surface area contributed by atoms with Crippen LogP contribution >= 0.6 is 0 Å². The Morgan fingerprint density at radius 3 is 2.35 bits per heavy atom. The van der Waals surface area contributed by atoms with Gasteiger partial charge in [0, 0.05) is 62.8 Å². The van der Waals surface area contributed by atoms with Crippen LogP contribution in [0, 0.1) is 0 Å². The van der Waals surface area contributed by atoms with E-state index in [0.717, 1.165) is 27.2 Å². The minimum absolute atomic E-state index is 0.0968. The highest BCUT2D eigenvalue weighted by Gasteiger charge is 2.43. The summed E-state index contributed by atoms with van der Waals surface area (Å²) < 4.78 is 18.8. The second kappa shape index (κ2) is 18.1. The van der Waals surface area contributed by atoms with Gasteiger partial charge in [-0.15, -0.1) is 0 Å². The zero-order chi connectivity index (χ0) is 39.8. The van der Waals surface area contributed by atoms with Gasteiger partial charge in [-0.25, -0.2) is 4.79 Å². The van der Waals surface area contributed by atoms with E-state index in [1.54, 1.807) is 49.1 Å². The summed E-state index contributed by atoms with van der Waals surface area (Å²) in [6, 6.07) is 7.31. The van der Waals surface area contributed by atoms with Gasteiger partial charge < -0.3 is 39.2 Å². The van der Waals surface area contributed by atoms with E-state index >= 15 is 0 Å². The van der Waals surface area contributed by atoms with E-state index in [-0.39, 0.29) is 61.9 Å². The summed E-state index contributed by atoms with van der Waals surface area (Å²) in [7, 11) is 8.87. The molecule has 0 aliphatic carbocycles. The number of urea groups is 1. The topological polar surface area (TPSA) is 181 Å². The summed E-state index contributed by atoms with van der Waals surface area (Å²) in [5, 5.41) is 8.09. The first-order chi connectivity index (χ1) is 26.4. The molecule has 0 bridgehead atoms. The molecule has 1 unspecified atom stereocenters. The first-order valence-electron chi connectivity index (χ1n) is 18.2. The molecule has 2 aromatic carbocycles. The van der Waals surface area contributed by atoms with Crippen LogP contribution in [-0.2, 0) is 40.9 Å². The van der Waals surface area contributed by atoms with Crippen LogP contribution in [0.3, 0.4) is 0 Å². The summed E-state index contributed by atoms with van der Waals surface area (Å²) in [6.45, 7) is 4.00. The van der Waals surface area contributed by atoms with E-state index in [4.69, 9.17) is 14.2 Å². The third-order valence-corrected chi connectivity index (χ3v) is 9.66. The van der Waals surface area contributed by atoms with Crippen molar-refractivity contribution in [1.82, 2.24) is 29.9 Å². The van der Waals surface area contributed by atoms with Crippen molar-refractivity contribution in [1.29, 1.82) is 0 Å². The van der Waals surface area contributed by atoms with Gasteiger partial charge in [-0.2, -0.15) is 0 Å². The number of hydrogen-bond acceptors (Lipinski definition) is 11. The van der Waals surface area contributed by atoms with Crippen molar-refractivity contribution < 1.29 is 38.2 Å². The van der Waals surface area contributed by atoms with E-state index in [9.17, 15) is 28.8 Å². The lowest BCUT2D eigenvalue weighted by atomic mass is 9.92. The van der Waals surface area contributed by atoms with Crippen molar-refractivity contribution in [2.75, 3.05) is 66.5 Å². The SMILES string of the molecule is CCCC(C(=O)NC=O)N1C(=O)c2cccc(NCCOCCNC(=O)N3CCc4c(c(-c5cc(OC)c(CN(C)C)c(OC)c5)cn(C)c4=O)C3)c2C1=O. The molecule has 6 amide bonds. The molecule has 3 heterocycles. The number of rotatable bonds is 17. The van der Waals surface area contributed by atoms with E-state index in [1.165, 1.54) is 6.07 Å². The van der Waals surface area contributed by atoms with Crippen LogP contribution in [0.25, 0.3) is 11.1 Å². The number of pyridine rings is 1. The third-order valence-electron chi connectivity index (χ3n) is 9.66. The lowest BCUT2D eigenvalue weighted by Gasteiger charge is -2.31. The minimum atomic E-state index is -1.11. The number of aryl methyl sites for hydroxylation is 1. The average Bonchev–Trinajstić information content (AvgIpc) is 3.43. The van der Waals surface area contributed by atoms with E-state index in [1.807, 2.05) is 38.1 Å². The Balaban J connectivity index is 1.17. The Kier molecular flexibility index (Phi) is 13.3. The smallest absolute Gasteiger partial charge is 0.317 e. The fourth-order valence-corrected chi connectivity index (χ4v) is 7.06. The molecule has 55 heavy (non-hydrogen) atoms. The zero-order valence-electron chi connectivity index (χ0n) is 32.2. The molecule has 0 spiro atoms. The first-order valence-corrected chi connectivity index (χ1v) is 18.2. The second-order valence-corrected chi connectivity index (χ2v) is 13.6. The number of fused-ring (bicyclic) bond motifs is 2. The van der Waals surface area contributed by atoms with E-state index in [2.05, 4.69) is 16.0 Å². The average molecular weight is 760 g/mol. The van der Waals surface area contributed by atoms with E-state index in [0.29, 0.717) is 55.2 Å². The summed E-state index contributed by atoms with van der Waals surface area (Å²) >= 11 is 0. The minimum Gasteiger partial charge on any atom is -0.496 e. The number of carbonyl (C=O) groups excluding carboxylic acids is 5. The van der Waals surface area contributed by atoms with Crippen LogP contribution in [0.5, 0.6) is 11.5 Å². The van der Waals surface area contributed by atoms with Gasteiger partial charge in [0.1, 0.15) is 17.5 Å². The summed E-state index contributed by atoms with van der Waals surface area (Å²) in [4.78, 5) is 81.1. The van der Waals surface area contributed by atoms with Gasteiger partial charge in [-0.1, -0.05) is 19.4 Å². The van der Waals surface area contributed by atoms with Crippen molar-refractivity contribution in [3.05, 3.63) is 74.7 Å². The van der Waals surface area contributed by atoms with Crippen molar-refractivity contribution in [2.24, 2.45) is 7.05 Å². The molecule has 3 N–H and O–H groups in total. The number of nitrogens with one attached hydrogen (secondary N) is 3. The molecular weight excluding hydrogens is 710 g/mol. The molecule has 2 aliphatic rings. The molecule has 3 aromatic rings. The molecule has 5 rings (SSSR count). The molecule has 1 atom stereocenters. The third kappa shape index (κ3) is 8.65. The van der Waals surface area contributed by atoms with Crippen molar-refractivity contribution in [3.8, 4) is 22.6 Å². The maximum Gasteiger partial charge on any atom is 0.317 e. The molecule has 0 radical (unpaired) electrons. The molecule has 2 aliphatic heterocycles. The molecular formula is C39H49N7O9. The molecule has 294 valence electrons. The van der Waals surface area contributed by atoms with Gasteiger partial charge >= 0.3 is 6.03 Å². The van der Waals surface area contributed by atoms with Gasteiger partial charge in [0.2, 0.25) is 12.3 Å². The highest BCUT2D eigenvalue weighted by atomic mass is 16.5. The highest BCUT2D eigenvalue weighted by molar-refractivity contribution is 6.25. The molecule has 16 nitrogen and oxygen atoms in total. The Bertz CT molecular complexity index is 1990. The number of ether oxygens (including phenoxy) is 3. The predicted molar refractivity (Wildman–Crippen MR) is 204 cm³/mol. The Morgan fingerprint density at radius 1 is 0.982 bits per heavy atom. The van der Waals surface area contributed by atoms with Gasteiger partial charge in [-0.3, -0.25) is 34.2 Å². The first kappa shape index (κ1) is 40.4. The molecule has 16 heteroatoms. The number of imide groups is 2. The van der Waals surface area contributed by atoms with Gasteiger partial charge in [0.15, 0.2) is 0 Å². The van der Waals surface area contributed by atoms with Gasteiger partial charge in [0.25, 0.3) is 17.4 Å². The van der Waals surface area contributed by atoms with Crippen LogP contribution in [0.2, 0.25) is 0 Å². The van der Waals surface area contributed by atoms with Crippen molar-refractivity contribution in [3.63, 3.8) is 0 Å².